The van der Waals surface area contributed by atoms with Crippen LogP contribution in [0.3, 0.4) is 0 Å². The topological polar surface area (TPSA) is 25.8 Å². The summed E-state index contributed by atoms with van der Waals surface area (Å²) in [4.78, 5) is 8.23. The summed E-state index contributed by atoms with van der Waals surface area (Å²) in [6.07, 6.45) is 1.75. The van der Waals surface area contributed by atoms with Crippen molar-refractivity contribution < 1.29 is 0 Å². The molecule has 0 saturated carbocycles. The number of hydrogen-bond acceptors (Lipinski definition) is 2. The largest absolute Gasteiger partial charge is 0.241 e. The number of aromatic nitrogens is 2. The monoisotopic (exact) mass is 204 g/mol. The Labute approximate surface area is 87.6 Å². The third kappa shape index (κ3) is 1.75. The van der Waals surface area contributed by atoms with Crippen LogP contribution in [0.5, 0.6) is 0 Å². The fourth-order valence-corrected chi connectivity index (χ4v) is 1.53. The number of halogens is 1. The predicted molar refractivity (Wildman–Crippen MR) is 57.2 cm³/mol. The average Bonchev–Trinajstić information content (AvgIpc) is 2.19. The highest BCUT2D eigenvalue weighted by Gasteiger charge is 2.04. The summed E-state index contributed by atoms with van der Waals surface area (Å²) in [5.41, 5.74) is 1.91. The number of benzene rings is 1. The van der Waals surface area contributed by atoms with Crippen LogP contribution in [-0.2, 0) is 0 Å². The molecule has 0 aliphatic rings. The van der Waals surface area contributed by atoms with Gasteiger partial charge in [-0.1, -0.05) is 41.9 Å². The zero-order valence-corrected chi connectivity index (χ0v) is 8.49. The van der Waals surface area contributed by atoms with Crippen LogP contribution in [0.4, 0.5) is 0 Å². The van der Waals surface area contributed by atoms with Gasteiger partial charge in [0, 0.05) is 11.8 Å². The van der Waals surface area contributed by atoms with E-state index in [1.807, 2.05) is 37.3 Å². The van der Waals surface area contributed by atoms with Gasteiger partial charge in [0.05, 0.1) is 0 Å². The highest BCUT2D eigenvalue weighted by atomic mass is 35.5. The first-order chi connectivity index (χ1) is 6.77. The van der Waals surface area contributed by atoms with Crippen molar-refractivity contribution in [2.45, 2.75) is 6.92 Å². The summed E-state index contributed by atoms with van der Waals surface area (Å²) in [7, 11) is 0. The second-order valence-corrected chi connectivity index (χ2v) is 3.35. The van der Waals surface area contributed by atoms with E-state index in [0.29, 0.717) is 11.0 Å². The standard InChI is InChI=1S/C11H9ClN2/c1-8-13-7-10(11(12)14-8)9-5-3-2-4-6-9/h2-7H,1H3. The molecule has 0 fully saturated rings. The summed E-state index contributed by atoms with van der Waals surface area (Å²) < 4.78 is 0. The first kappa shape index (κ1) is 9.16. The molecule has 0 amide bonds. The molecule has 0 N–H and O–H groups in total. The zero-order chi connectivity index (χ0) is 9.97. The van der Waals surface area contributed by atoms with Gasteiger partial charge in [-0.2, -0.15) is 0 Å². The molecule has 0 radical (unpaired) electrons. The molecule has 1 heterocycles. The third-order valence-corrected chi connectivity index (χ3v) is 2.24. The van der Waals surface area contributed by atoms with Crippen LogP contribution in [0.25, 0.3) is 11.1 Å². The second kappa shape index (κ2) is 3.76. The van der Waals surface area contributed by atoms with Gasteiger partial charge in [-0.3, -0.25) is 0 Å². The molecule has 3 heteroatoms. The molecular weight excluding hydrogens is 196 g/mol. The first-order valence-corrected chi connectivity index (χ1v) is 4.70. The normalized spacial score (nSPS) is 10.1. The van der Waals surface area contributed by atoms with Gasteiger partial charge in [0.1, 0.15) is 11.0 Å². The lowest BCUT2D eigenvalue weighted by atomic mass is 10.1. The van der Waals surface area contributed by atoms with E-state index in [4.69, 9.17) is 11.6 Å². The maximum absolute atomic E-state index is 6.01. The summed E-state index contributed by atoms with van der Waals surface area (Å²) in [6.45, 7) is 1.82. The Morgan fingerprint density at radius 2 is 1.86 bits per heavy atom. The Kier molecular flexibility index (Phi) is 2.46. The SMILES string of the molecule is Cc1ncc(-c2ccccc2)c(Cl)n1. The lowest BCUT2D eigenvalue weighted by molar-refractivity contribution is 1.06. The summed E-state index contributed by atoms with van der Waals surface area (Å²) in [5, 5.41) is 0.503. The molecule has 0 unspecified atom stereocenters. The van der Waals surface area contributed by atoms with Gasteiger partial charge < -0.3 is 0 Å². The Hall–Kier alpha value is -1.41. The van der Waals surface area contributed by atoms with Gasteiger partial charge in [-0.05, 0) is 12.5 Å². The second-order valence-electron chi connectivity index (χ2n) is 2.99. The summed E-state index contributed by atoms with van der Waals surface area (Å²) >= 11 is 6.01. The van der Waals surface area contributed by atoms with Crippen LogP contribution < -0.4 is 0 Å². The van der Waals surface area contributed by atoms with Crippen molar-refractivity contribution in [2.24, 2.45) is 0 Å². The minimum Gasteiger partial charge on any atom is -0.241 e. The van der Waals surface area contributed by atoms with Gasteiger partial charge in [-0.15, -0.1) is 0 Å². The smallest absolute Gasteiger partial charge is 0.140 e. The first-order valence-electron chi connectivity index (χ1n) is 4.32. The minimum absolute atomic E-state index is 0.503. The van der Waals surface area contributed by atoms with Crippen LogP contribution in [0.15, 0.2) is 36.5 Å². The molecule has 0 bridgehead atoms. The molecular formula is C11H9ClN2. The van der Waals surface area contributed by atoms with Crippen molar-refractivity contribution in [1.82, 2.24) is 9.97 Å². The molecule has 1 aromatic heterocycles. The van der Waals surface area contributed by atoms with Crippen molar-refractivity contribution in [3.8, 4) is 11.1 Å². The van der Waals surface area contributed by atoms with E-state index in [0.717, 1.165) is 11.1 Å². The van der Waals surface area contributed by atoms with Gasteiger partial charge in [0.25, 0.3) is 0 Å². The quantitative estimate of drug-likeness (QED) is 0.667. The van der Waals surface area contributed by atoms with E-state index < -0.39 is 0 Å². The molecule has 0 aliphatic carbocycles. The van der Waals surface area contributed by atoms with Crippen molar-refractivity contribution >= 4 is 11.6 Å². The fraction of sp³-hybridized carbons (Fsp3) is 0.0909. The lowest BCUT2D eigenvalue weighted by Gasteiger charge is -2.02. The third-order valence-electron chi connectivity index (χ3n) is 1.95. The maximum Gasteiger partial charge on any atom is 0.140 e. The van der Waals surface area contributed by atoms with E-state index in [1.54, 1.807) is 6.20 Å². The molecule has 2 nitrogen and oxygen atoms in total. The summed E-state index contributed by atoms with van der Waals surface area (Å²) in [6, 6.07) is 9.86. The van der Waals surface area contributed by atoms with Gasteiger partial charge in [-0.25, -0.2) is 9.97 Å². The van der Waals surface area contributed by atoms with E-state index >= 15 is 0 Å². The zero-order valence-electron chi connectivity index (χ0n) is 7.74. The van der Waals surface area contributed by atoms with Crippen molar-refractivity contribution in [1.29, 1.82) is 0 Å². The molecule has 70 valence electrons. The molecule has 1 aromatic carbocycles. The number of hydrogen-bond donors (Lipinski definition) is 0. The Morgan fingerprint density at radius 1 is 1.14 bits per heavy atom. The van der Waals surface area contributed by atoms with Crippen LogP contribution in [0.2, 0.25) is 5.15 Å². The molecule has 2 aromatic rings. The fourth-order valence-electron chi connectivity index (χ4n) is 1.25. The van der Waals surface area contributed by atoms with Gasteiger partial charge in [0.15, 0.2) is 0 Å². The van der Waals surface area contributed by atoms with E-state index in [2.05, 4.69) is 9.97 Å². The molecule has 0 saturated heterocycles. The van der Waals surface area contributed by atoms with Crippen LogP contribution >= 0.6 is 11.6 Å². The molecule has 2 rings (SSSR count). The molecule has 14 heavy (non-hydrogen) atoms. The Morgan fingerprint density at radius 3 is 2.50 bits per heavy atom. The van der Waals surface area contributed by atoms with Gasteiger partial charge >= 0.3 is 0 Å². The Balaban J connectivity index is 2.53. The highest BCUT2D eigenvalue weighted by Crippen LogP contribution is 2.24. The van der Waals surface area contributed by atoms with E-state index in [-0.39, 0.29) is 0 Å². The average molecular weight is 205 g/mol. The van der Waals surface area contributed by atoms with Crippen LogP contribution in [0.1, 0.15) is 5.82 Å². The van der Waals surface area contributed by atoms with Crippen LogP contribution in [-0.4, -0.2) is 9.97 Å². The molecule has 0 spiro atoms. The lowest BCUT2D eigenvalue weighted by Crippen LogP contribution is -1.90. The maximum atomic E-state index is 6.01. The predicted octanol–water partition coefficient (Wildman–Crippen LogP) is 3.11. The molecule has 0 aliphatic heterocycles. The van der Waals surface area contributed by atoms with Crippen molar-refractivity contribution in [2.75, 3.05) is 0 Å². The number of aryl methyl sites for hydroxylation is 1. The van der Waals surface area contributed by atoms with Crippen molar-refractivity contribution in [3.05, 3.63) is 47.5 Å². The number of rotatable bonds is 1. The minimum atomic E-state index is 0.503. The highest BCUT2D eigenvalue weighted by molar-refractivity contribution is 6.32. The summed E-state index contributed by atoms with van der Waals surface area (Å²) in [5.74, 6) is 0.690. The van der Waals surface area contributed by atoms with Crippen molar-refractivity contribution in [3.63, 3.8) is 0 Å². The Bertz CT molecular complexity index is 440. The van der Waals surface area contributed by atoms with E-state index in [9.17, 15) is 0 Å². The molecule has 0 atom stereocenters. The van der Waals surface area contributed by atoms with Gasteiger partial charge in [0.2, 0.25) is 0 Å². The van der Waals surface area contributed by atoms with Crippen LogP contribution in [0, 0.1) is 6.92 Å². The van der Waals surface area contributed by atoms with E-state index in [1.165, 1.54) is 0 Å². The number of nitrogens with zero attached hydrogens (tertiary/aromatic N) is 2.